The molecule has 0 aromatic heterocycles. The van der Waals surface area contributed by atoms with E-state index in [-0.39, 0.29) is 18.7 Å². The number of esters is 1. The highest BCUT2D eigenvalue weighted by atomic mass is 16.6. The van der Waals surface area contributed by atoms with E-state index in [4.69, 9.17) is 18.9 Å². The van der Waals surface area contributed by atoms with Crippen molar-refractivity contribution in [2.24, 2.45) is 0 Å². The molecular formula is C26H38N2O8. The number of ketones is 1. The predicted molar refractivity (Wildman–Crippen MR) is 132 cm³/mol. The molecular weight excluding hydrogens is 468 g/mol. The highest BCUT2D eigenvalue weighted by Crippen LogP contribution is 2.21. The van der Waals surface area contributed by atoms with E-state index in [2.05, 4.69) is 5.32 Å². The lowest BCUT2D eigenvalue weighted by Crippen LogP contribution is -2.44. The monoisotopic (exact) mass is 506 g/mol. The fourth-order valence-corrected chi connectivity index (χ4v) is 3.41. The van der Waals surface area contributed by atoms with Gasteiger partial charge in [-0.3, -0.25) is 9.59 Å². The number of likely N-dealkylation sites (tertiary alicyclic amines) is 1. The molecule has 1 saturated heterocycles. The number of benzene rings is 1. The van der Waals surface area contributed by atoms with Gasteiger partial charge in [-0.05, 0) is 79.2 Å². The van der Waals surface area contributed by atoms with E-state index in [0.29, 0.717) is 25.3 Å². The van der Waals surface area contributed by atoms with Gasteiger partial charge in [0.2, 0.25) is 5.78 Å². The summed E-state index contributed by atoms with van der Waals surface area (Å²) in [4.78, 5) is 51.5. The number of hydrogen-bond donors (Lipinski definition) is 1. The number of likely N-dealkylation sites (N-methyl/N-ethyl adjacent to an activating group) is 1. The quantitative estimate of drug-likeness (QED) is 0.308. The molecule has 0 spiro atoms. The predicted octanol–water partition coefficient (Wildman–Crippen LogP) is 3.12. The maximum Gasteiger partial charge on any atom is 0.410 e. The minimum absolute atomic E-state index is 0.218. The van der Waals surface area contributed by atoms with Gasteiger partial charge >= 0.3 is 12.1 Å². The fourth-order valence-electron chi connectivity index (χ4n) is 3.41. The number of nitrogens with zero attached hydrogens (tertiary/aromatic N) is 1. The summed E-state index contributed by atoms with van der Waals surface area (Å²) in [6, 6.07) is 6.08. The zero-order valence-corrected chi connectivity index (χ0v) is 22.2. The Bertz CT molecular complexity index is 931. The second kappa shape index (κ2) is 12.2. The van der Waals surface area contributed by atoms with Crippen molar-refractivity contribution in [3.8, 4) is 5.75 Å². The van der Waals surface area contributed by atoms with Crippen LogP contribution in [0.5, 0.6) is 5.75 Å². The largest absolute Gasteiger partial charge is 0.482 e. The normalized spacial score (nSPS) is 16.8. The summed E-state index contributed by atoms with van der Waals surface area (Å²) < 4.78 is 21.9. The number of hydrogen-bond acceptors (Lipinski definition) is 8. The molecule has 0 radical (unpaired) electrons. The van der Waals surface area contributed by atoms with Gasteiger partial charge in [-0.15, -0.1) is 0 Å². The summed E-state index contributed by atoms with van der Waals surface area (Å²) in [5.41, 5.74) is -0.996. The highest BCUT2D eigenvalue weighted by Gasteiger charge is 2.36. The Morgan fingerprint density at radius 1 is 1.00 bits per heavy atom. The zero-order valence-electron chi connectivity index (χ0n) is 22.2. The molecule has 1 fully saturated rings. The van der Waals surface area contributed by atoms with Gasteiger partial charge in [0.15, 0.2) is 12.7 Å². The van der Waals surface area contributed by atoms with Gasteiger partial charge in [-0.25, -0.2) is 9.59 Å². The Morgan fingerprint density at radius 3 is 2.17 bits per heavy atom. The summed E-state index contributed by atoms with van der Waals surface area (Å²) in [6.45, 7) is 13.1. The fraction of sp³-hybridized carbons (Fsp3) is 0.615. The number of rotatable bonds is 9. The first-order chi connectivity index (χ1) is 16.7. The minimum Gasteiger partial charge on any atom is -0.482 e. The van der Waals surface area contributed by atoms with Crippen LogP contribution in [0.2, 0.25) is 0 Å². The Balaban J connectivity index is 2.03. The Morgan fingerprint density at radius 2 is 1.61 bits per heavy atom. The molecule has 1 aromatic carbocycles. The molecule has 0 aliphatic carbocycles. The number of carbonyl (C=O) groups excluding carboxylic acids is 4. The summed E-state index contributed by atoms with van der Waals surface area (Å²) in [5, 5.41) is 2.63. The van der Waals surface area contributed by atoms with Crippen molar-refractivity contribution in [2.75, 3.05) is 26.2 Å². The molecule has 10 heteroatoms. The first-order valence-electron chi connectivity index (χ1n) is 12.1. The van der Waals surface area contributed by atoms with E-state index in [1.54, 1.807) is 48.5 Å². The van der Waals surface area contributed by atoms with Crippen LogP contribution in [0, 0.1) is 0 Å². The van der Waals surface area contributed by atoms with Crippen LogP contribution in [0.4, 0.5) is 4.79 Å². The van der Waals surface area contributed by atoms with E-state index < -0.39 is 47.2 Å². The molecule has 36 heavy (non-hydrogen) atoms. The van der Waals surface area contributed by atoms with Crippen molar-refractivity contribution in [1.29, 1.82) is 0 Å². The third kappa shape index (κ3) is 9.49. The molecule has 2 atom stereocenters. The lowest BCUT2D eigenvalue weighted by molar-refractivity contribution is -0.157. The van der Waals surface area contributed by atoms with E-state index in [1.807, 2.05) is 0 Å². The molecule has 1 aromatic rings. The standard InChI is InChI=1S/C26H38N2O8/c1-8-27-23(31)22(34-19-13-14-28(15-19)24(32)36-26(5,6)7)21(30)17-9-11-18(12-10-17)33-16-20(29)35-25(2,3)4/h9-12,19,22H,8,13-16H2,1-7H3,(H,27,31)/t19-,22+/m1/s1. The van der Waals surface area contributed by atoms with Crippen LogP contribution in [-0.2, 0) is 23.8 Å². The maximum atomic E-state index is 13.2. The van der Waals surface area contributed by atoms with Crippen molar-refractivity contribution in [2.45, 2.75) is 78.3 Å². The maximum absolute atomic E-state index is 13.2. The smallest absolute Gasteiger partial charge is 0.410 e. The van der Waals surface area contributed by atoms with Crippen molar-refractivity contribution in [3.05, 3.63) is 29.8 Å². The number of Topliss-reactive ketones (excluding diaryl/α,β-unsaturated/α-hetero) is 1. The highest BCUT2D eigenvalue weighted by molar-refractivity contribution is 6.12. The van der Waals surface area contributed by atoms with Gasteiger partial charge in [0.1, 0.15) is 17.0 Å². The van der Waals surface area contributed by atoms with Crippen LogP contribution >= 0.6 is 0 Å². The van der Waals surface area contributed by atoms with Crippen LogP contribution in [0.15, 0.2) is 24.3 Å². The third-order valence-corrected chi connectivity index (χ3v) is 4.87. The molecule has 0 saturated carbocycles. The average Bonchev–Trinajstić information content (AvgIpc) is 3.23. The number of ether oxygens (including phenoxy) is 4. The summed E-state index contributed by atoms with van der Waals surface area (Å²) in [5.74, 6) is -1.21. The van der Waals surface area contributed by atoms with Gasteiger partial charge in [-0.1, -0.05) is 0 Å². The zero-order chi connectivity index (χ0) is 27.1. The molecule has 1 aliphatic rings. The lowest BCUT2D eigenvalue weighted by Gasteiger charge is -2.25. The van der Waals surface area contributed by atoms with Crippen molar-refractivity contribution < 1.29 is 38.1 Å². The molecule has 2 rings (SSSR count). The number of carbonyl (C=O) groups is 4. The Hall–Kier alpha value is -3.14. The van der Waals surface area contributed by atoms with E-state index in [9.17, 15) is 19.2 Å². The lowest BCUT2D eigenvalue weighted by atomic mass is 10.0. The number of nitrogens with one attached hydrogen (secondary N) is 1. The SMILES string of the molecule is CCNC(=O)[C@@H](O[C@@H]1CCN(C(=O)OC(C)(C)C)C1)C(=O)c1ccc(OCC(=O)OC(C)(C)C)cc1. The molecule has 0 bridgehead atoms. The first-order valence-corrected chi connectivity index (χ1v) is 12.1. The number of amides is 2. The van der Waals surface area contributed by atoms with Gasteiger partial charge in [0.05, 0.1) is 12.6 Å². The van der Waals surface area contributed by atoms with Crippen LogP contribution in [0.1, 0.15) is 65.2 Å². The van der Waals surface area contributed by atoms with Crippen LogP contribution < -0.4 is 10.1 Å². The van der Waals surface area contributed by atoms with Gasteiger partial charge in [0.25, 0.3) is 5.91 Å². The third-order valence-electron chi connectivity index (χ3n) is 4.87. The van der Waals surface area contributed by atoms with Crippen molar-refractivity contribution in [3.63, 3.8) is 0 Å². The minimum atomic E-state index is -1.37. The van der Waals surface area contributed by atoms with E-state index in [0.717, 1.165) is 0 Å². The molecule has 200 valence electrons. The summed E-state index contributed by atoms with van der Waals surface area (Å²) in [6.07, 6.45) is -1.86. The Kier molecular flexibility index (Phi) is 9.86. The molecule has 0 unspecified atom stereocenters. The van der Waals surface area contributed by atoms with Crippen molar-refractivity contribution >= 4 is 23.8 Å². The Labute approximate surface area is 212 Å². The van der Waals surface area contributed by atoms with Gasteiger partial charge in [0, 0.05) is 18.7 Å². The molecule has 1 aliphatic heterocycles. The molecule has 2 amide bonds. The van der Waals surface area contributed by atoms with Gasteiger partial charge in [-0.2, -0.15) is 0 Å². The van der Waals surface area contributed by atoms with Crippen LogP contribution in [0.25, 0.3) is 0 Å². The molecule has 1 heterocycles. The van der Waals surface area contributed by atoms with Crippen molar-refractivity contribution in [1.82, 2.24) is 10.2 Å². The van der Waals surface area contributed by atoms with Crippen LogP contribution in [0.3, 0.4) is 0 Å². The van der Waals surface area contributed by atoms with E-state index in [1.165, 1.54) is 29.2 Å². The summed E-state index contributed by atoms with van der Waals surface area (Å²) >= 11 is 0. The van der Waals surface area contributed by atoms with Gasteiger partial charge < -0.3 is 29.2 Å². The molecule has 1 N–H and O–H groups in total. The van der Waals surface area contributed by atoms with Crippen LogP contribution in [-0.4, -0.2) is 78.3 Å². The second-order valence-electron chi connectivity index (χ2n) is 10.5. The first kappa shape index (κ1) is 29.1. The average molecular weight is 507 g/mol. The topological polar surface area (TPSA) is 120 Å². The summed E-state index contributed by atoms with van der Waals surface area (Å²) in [7, 11) is 0. The molecule has 10 nitrogen and oxygen atoms in total. The second-order valence-corrected chi connectivity index (χ2v) is 10.5. The van der Waals surface area contributed by atoms with E-state index >= 15 is 0 Å².